The van der Waals surface area contributed by atoms with Crippen molar-refractivity contribution >= 4 is 27.7 Å². The van der Waals surface area contributed by atoms with E-state index < -0.39 is 0 Å². The number of rotatable bonds is 11. The fraction of sp³-hybridized carbons (Fsp3) is 0.625. The zero-order valence-electron chi connectivity index (χ0n) is 11.9. The molecule has 0 amide bonds. The Morgan fingerprint density at radius 2 is 1.74 bits per heavy atom. The number of hydrogen-bond donors (Lipinski definition) is 0. The molecule has 0 atom stereocenters. The largest absolute Gasteiger partial charge is 0.381 e. The zero-order chi connectivity index (χ0) is 13.8. The molecule has 0 N–H and O–H groups in total. The Kier molecular flexibility index (Phi) is 10.6. The standard InChI is InChI=1S/C16H25BrOS/c1-2-3-4-13-19-14-5-11-18-12-10-15-6-8-16(17)9-7-15/h6-9H,2-5,10-14H2,1H3. The predicted molar refractivity (Wildman–Crippen MR) is 90.1 cm³/mol. The maximum absolute atomic E-state index is 5.67. The van der Waals surface area contributed by atoms with Crippen molar-refractivity contribution in [1.82, 2.24) is 0 Å². The van der Waals surface area contributed by atoms with Crippen LogP contribution in [0.15, 0.2) is 28.7 Å². The third-order valence-electron chi connectivity index (χ3n) is 2.92. The number of halogens is 1. The van der Waals surface area contributed by atoms with Gasteiger partial charge in [0.2, 0.25) is 0 Å². The Balaban J connectivity index is 1.87. The molecule has 0 aromatic heterocycles. The van der Waals surface area contributed by atoms with Crippen molar-refractivity contribution in [2.75, 3.05) is 24.7 Å². The highest BCUT2D eigenvalue weighted by Crippen LogP contribution is 2.11. The molecule has 0 bridgehead atoms. The lowest BCUT2D eigenvalue weighted by Gasteiger charge is -2.05. The molecular weight excluding hydrogens is 320 g/mol. The van der Waals surface area contributed by atoms with Gasteiger partial charge in [-0.15, -0.1) is 0 Å². The van der Waals surface area contributed by atoms with Crippen LogP contribution in [0.2, 0.25) is 0 Å². The Morgan fingerprint density at radius 3 is 2.47 bits per heavy atom. The summed E-state index contributed by atoms with van der Waals surface area (Å²) in [6, 6.07) is 8.47. The molecule has 1 aromatic carbocycles. The second-order valence-electron chi connectivity index (χ2n) is 4.66. The van der Waals surface area contributed by atoms with Crippen molar-refractivity contribution in [2.24, 2.45) is 0 Å². The molecule has 1 nitrogen and oxygen atoms in total. The van der Waals surface area contributed by atoms with Gasteiger partial charge >= 0.3 is 0 Å². The number of hydrogen-bond acceptors (Lipinski definition) is 2. The van der Waals surface area contributed by atoms with Crippen LogP contribution in [0.3, 0.4) is 0 Å². The van der Waals surface area contributed by atoms with E-state index in [1.165, 1.54) is 42.8 Å². The van der Waals surface area contributed by atoms with Gasteiger partial charge < -0.3 is 4.74 Å². The number of benzene rings is 1. The van der Waals surface area contributed by atoms with E-state index in [0.717, 1.165) is 24.1 Å². The van der Waals surface area contributed by atoms with E-state index in [4.69, 9.17) is 4.74 Å². The van der Waals surface area contributed by atoms with Crippen LogP contribution in [0, 0.1) is 0 Å². The average molecular weight is 345 g/mol. The SMILES string of the molecule is CCCCCSCCCOCCc1ccc(Br)cc1. The Bertz CT molecular complexity index is 313. The van der Waals surface area contributed by atoms with Gasteiger partial charge in [0, 0.05) is 11.1 Å². The quantitative estimate of drug-likeness (QED) is 0.502. The Hall–Kier alpha value is 0.01000. The van der Waals surface area contributed by atoms with Gasteiger partial charge in [-0.1, -0.05) is 47.8 Å². The van der Waals surface area contributed by atoms with Crippen LogP contribution in [0.5, 0.6) is 0 Å². The van der Waals surface area contributed by atoms with E-state index in [2.05, 4.69) is 58.9 Å². The Labute approximate surface area is 130 Å². The van der Waals surface area contributed by atoms with Crippen molar-refractivity contribution in [3.05, 3.63) is 34.3 Å². The first-order chi connectivity index (χ1) is 9.33. The monoisotopic (exact) mass is 344 g/mol. The van der Waals surface area contributed by atoms with Gasteiger partial charge in [0.1, 0.15) is 0 Å². The molecule has 0 saturated carbocycles. The van der Waals surface area contributed by atoms with Crippen LogP contribution in [-0.4, -0.2) is 24.7 Å². The summed E-state index contributed by atoms with van der Waals surface area (Å²) < 4.78 is 6.81. The van der Waals surface area contributed by atoms with Crippen molar-refractivity contribution in [3.63, 3.8) is 0 Å². The molecule has 0 aliphatic carbocycles. The molecule has 0 heterocycles. The molecule has 19 heavy (non-hydrogen) atoms. The first-order valence-electron chi connectivity index (χ1n) is 7.23. The second kappa shape index (κ2) is 11.8. The first-order valence-corrected chi connectivity index (χ1v) is 9.17. The molecule has 0 spiro atoms. The van der Waals surface area contributed by atoms with E-state index >= 15 is 0 Å². The van der Waals surface area contributed by atoms with E-state index in [-0.39, 0.29) is 0 Å². The first kappa shape index (κ1) is 17.1. The van der Waals surface area contributed by atoms with Crippen LogP contribution < -0.4 is 0 Å². The maximum atomic E-state index is 5.67. The lowest BCUT2D eigenvalue weighted by molar-refractivity contribution is 0.138. The number of unbranched alkanes of at least 4 members (excludes halogenated alkanes) is 2. The lowest BCUT2D eigenvalue weighted by atomic mass is 10.2. The number of ether oxygens (including phenoxy) is 1. The minimum atomic E-state index is 0.835. The van der Waals surface area contributed by atoms with E-state index in [9.17, 15) is 0 Å². The third-order valence-corrected chi connectivity index (χ3v) is 4.60. The van der Waals surface area contributed by atoms with Gasteiger partial charge in [-0.05, 0) is 48.5 Å². The van der Waals surface area contributed by atoms with E-state index in [0.29, 0.717) is 0 Å². The van der Waals surface area contributed by atoms with Crippen LogP contribution in [-0.2, 0) is 11.2 Å². The third kappa shape index (κ3) is 9.53. The molecule has 3 heteroatoms. The molecule has 0 saturated heterocycles. The van der Waals surface area contributed by atoms with Crippen LogP contribution in [0.25, 0.3) is 0 Å². The summed E-state index contributed by atoms with van der Waals surface area (Å²) in [6.07, 6.45) is 6.25. The topological polar surface area (TPSA) is 9.23 Å². The molecule has 1 rings (SSSR count). The number of thioether (sulfide) groups is 1. The fourth-order valence-corrected chi connectivity index (χ4v) is 2.96. The van der Waals surface area contributed by atoms with Gasteiger partial charge in [0.25, 0.3) is 0 Å². The van der Waals surface area contributed by atoms with Gasteiger partial charge in [0.05, 0.1) is 6.61 Å². The van der Waals surface area contributed by atoms with Crippen molar-refractivity contribution in [1.29, 1.82) is 0 Å². The highest BCUT2D eigenvalue weighted by molar-refractivity contribution is 9.10. The minimum Gasteiger partial charge on any atom is -0.381 e. The van der Waals surface area contributed by atoms with Gasteiger partial charge in [-0.25, -0.2) is 0 Å². The van der Waals surface area contributed by atoms with Crippen LogP contribution in [0.4, 0.5) is 0 Å². The summed E-state index contributed by atoms with van der Waals surface area (Å²) in [5.41, 5.74) is 1.34. The lowest BCUT2D eigenvalue weighted by Crippen LogP contribution is -2.01. The zero-order valence-corrected chi connectivity index (χ0v) is 14.3. The molecule has 0 aliphatic heterocycles. The van der Waals surface area contributed by atoms with Crippen molar-refractivity contribution < 1.29 is 4.74 Å². The molecular formula is C16H25BrOS. The summed E-state index contributed by atoms with van der Waals surface area (Å²) >= 11 is 5.51. The average Bonchev–Trinajstić information content (AvgIpc) is 2.43. The summed E-state index contributed by atoms with van der Waals surface area (Å²) in [7, 11) is 0. The van der Waals surface area contributed by atoms with Gasteiger partial charge in [-0.2, -0.15) is 11.8 Å². The molecule has 0 radical (unpaired) electrons. The normalized spacial score (nSPS) is 10.8. The van der Waals surface area contributed by atoms with Gasteiger partial charge in [0.15, 0.2) is 0 Å². The molecule has 0 unspecified atom stereocenters. The summed E-state index contributed by atoms with van der Waals surface area (Å²) in [5.74, 6) is 2.55. The van der Waals surface area contributed by atoms with Crippen molar-refractivity contribution in [2.45, 2.75) is 39.0 Å². The highest BCUT2D eigenvalue weighted by Gasteiger charge is 1.95. The van der Waals surface area contributed by atoms with Crippen LogP contribution in [0.1, 0.15) is 38.2 Å². The maximum Gasteiger partial charge on any atom is 0.0506 e. The van der Waals surface area contributed by atoms with Crippen molar-refractivity contribution in [3.8, 4) is 0 Å². The highest BCUT2D eigenvalue weighted by atomic mass is 79.9. The summed E-state index contributed by atoms with van der Waals surface area (Å²) in [4.78, 5) is 0. The Morgan fingerprint density at radius 1 is 1.00 bits per heavy atom. The smallest absolute Gasteiger partial charge is 0.0506 e. The predicted octanol–water partition coefficient (Wildman–Crippen LogP) is 5.32. The molecule has 0 aliphatic rings. The van der Waals surface area contributed by atoms with Crippen LogP contribution >= 0.6 is 27.7 Å². The molecule has 1 aromatic rings. The van der Waals surface area contributed by atoms with E-state index in [1.807, 2.05) is 0 Å². The molecule has 0 fully saturated rings. The fourth-order valence-electron chi connectivity index (χ4n) is 1.76. The van der Waals surface area contributed by atoms with E-state index in [1.54, 1.807) is 0 Å². The minimum absolute atomic E-state index is 0.835. The summed E-state index contributed by atoms with van der Waals surface area (Å²) in [6.45, 7) is 3.99. The van der Waals surface area contributed by atoms with Gasteiger partial charge in [-0.3, -0.25) is 0 Å². The molecule has 108 valence electrons. The second-order valence-corrected chi connectivity index (χ2v) is 6.80. The summed E-state index contributed by atoms with van der Waals surface area (Å²) in [5, 5.41) is 0.